The number of benzene rings is 1. The molecule has 7 heteroatoms. The van der Waals surface area contributed by atoms with Crippen LogP contribution in [0.15, 0.2) is 42.5 Å². The molecule has 0 unspecified atom stereocenters. The van der Waals surface area contributed by atoms with Crippen LogP contribution in [-0.2, 0) is 39.9 Å². The molecule has 0 bridgehead atoms. The van der Waals surface area contributed by atoms with E-state index in [1.807, 2.05) is 30.3 Å². The van der Waals surface area contributed by atoms with Gasteiger partial charge in [-0.1, -0.05) is 42.5 Å². The van der Waals surface area contributed by atoms with E-state index in [4.69, 9.17) is 9.47 Å². The lowest BCUT2D eigenvalue weighted by molar-refractivity contribution is -0.159. The fourth-order valence-corrected chi connectivity index (χ4v) is 2.05. The van der Waals surface area contributed by atoms with Gasteiger partial charge in [0.25, 0.3) is 5.78 Å². The van der Waals surface area contributed by atoms with Gasteiger partial charge in [-0.3, -0.25) is 9.59 Å². The summed E-state index contributed by atoms with van der Waals surface area (Å²) in [6.07, 6.45) is 4.04. The predicted octanol–water partition coefficient (Wildman–Crippen LogP) is 2.04. The molecule has 1 rings (SSSR count). The minimum absolute atomic E-state index is 0.0606. The summed E-state index contributed by atoms with van der Waals surface area (Å²) in [4.78, 5) is 34.7. The van der Waals surface area contributed by atoms with Crippen LogP contribution in [0.25, 0.3) is 0 Å². The van der Waals surface area contributed by atoms with E-state index in [0.717, 1.165) is 19.8 Å². The largest absolute Gasteiger partial charge is 0.468 e. The average Bonchev–Trinajstić information content (AvgIpc) is 2.68. The van der Waals surface area contributed by atoms with E-state index in [9.17, 15) is 14.4 Å². The number of methoxy groups -OCH3 is 2. The third kappa shape index (κ3) is 8.04. The lowest BCUT2D eigenvalue weighted by Crippen LogP contribution is -2.31. The second-order valence-corrected chi connectivity index (χ2v) is 5.29. The first kappa shape index (κ1) is 21.5. The van der Waals surface area contributed by atoms with Crippen LogP contribution in [0, 0.1) is 5.92 Å². The lowest BCUT2D eigenvalue weighted by Gasteiger charge is -2.09. The number of hydrogen-bond acceptors (Lipinski definition) is 7. The van der Waals surface area contributed by atoms with Crippen LogP contribution in [0.3, 0.4) is 0 Å². The van der Waals surface area contributed by atoms with Gasteiger partial charge in [-0.2, -0.15) is 0 Å². The molecular formula is C19H24O7. The standard InChI is InChI=1S/C19H24O7/c1-23-18(21)16(17(20)19(22)24-2)11-7-4-8-12-25-14-26-13-15-9-5-3-6-10-15/h3-7,9-10,16H,8,11-14H2,1-2H3/t16-/m1/s1. The Morgan fingerprint density at radius 2 is 1.73 bits per heavy atom. The number of ether oxygens (including phenoxy) is 4. The minimum Gasteiger partial charge on any atom is -0.468 e. The van der Waals surface area contributed by atoms with E-state index in [1.54, 1.807) is 12.2 Å². The van der Waals surface area contributed by atoms with Gasteiger partial charge in [-0.25, -0.2) is 4.79 Å². The molecule has 1 aromatic carbocycles. The highest BCUT2D eigenvalue weighted by molar-refractivity contribution is 6.37. The van der Waals surface area contributed by atoms with Crippen LogP contribution in [0.4, 0.5) is 0 Å². The Bertz CT molecular complexity index is 595. The molecule has 0 aliphatic carbocycles. The van der Waals surface area contributed by atoms with Crippen molar-refractivity contribution in [2.45, 2.75) is 19.4 Å². The minimum atomic E-state index is -1.20. The summed E-state index contributed by atoms with van der Waals surface area (Å²) in [5, 5.41) is 0. The monoisotopic (exact) mass is 364 g/mol. The van der Waals surface area contributed by atoms with Gasteiger partial charge in [-0.15, -0.1) is 0 Å². The molecule has 7 nitrogen and oxygen atoms in total. The summed E-state index contributed by atoms with van der Waals surface area (Å²) < 4.78 is 19.6. The maximum absolute atomic E-state index is 11.8. The van der Waals surface area contributed by atoms with E-state index in [0.29, 0.717) is 19.6 Å². The molecule has 0 fully saturated rings. The molecule has 1 atom stereocenters. The Balaban J connectivity index is 2.22. The first-order chi connectivity index (χ1) is 12.6. The van der Waals surface area contributed by atoms with Crippen molar-refractivity contribution in [2.24, 2.45) is 5.92 Å². The van der Waals surface area contributed by atoms with Gasteiger partial charge in [0, 0.05) is 0 Å². The first-order valence-corrected chi connectivity index (χ1v) is 8.14. The van der Waals surface area contributed by atoms with Crippen molar-refractivity contribution in [2.75, 3.05) is 27.6 Å². The Hall–Kier alpha value is -2.51. The van der Waals surface area contributed by atoms with Crippen LogP contribution >= 0.6 is 0 Å². The fraction of sp³-hybridized carbons (Fsp3) is 0.421. The molecule has 0 radical (unpaired) electrons. The quantitative estimate of drug-likeness (QED) is 0.140. The average molecular weight is 364 g/mol. The molecule has 0 heterocycles. The molecule has 26 heavy (non-hydrogen) atoms. The maximum Gasteiger partial charge on any atom is 0.375 e. The molecule has 0 N–H and O–H groups in total. The summed E-state index contributed by atoms with van der Waals surface area (Å²) in [5.74, 6) is -3.95. The van der Waals surface area contributed by atoms with Gasteiger partial charge in [0.2, 0.25) is 0 Å². The van der Waals surface area contributed by atoms with Crippen molar-refractivity contribution in [3.8, 4) is 0 Å². The number of rotatable bonds is 12. The molecule has 0 aliphatic rings. The molecule has 0 saturated carbocycles. The third-order valence-corrected chi connectivity index (χ3v) is 3.43. The summed E-state index contributed by atoms with van der Waals surface area (Å²) in [6, 6.07) is 9.76. The second kappa shape index (κ2) is 12.8. The van der Waals surface area contributed by atoms with Gasteiger partial charge in [0.15, 0.2) is 0 Å². The van der Waals surface area contributed by atoms with Crippen LogP contribution < -0.4 is 0 Å². The smallest absolute Gasteiger partial charge is 0.375 e. The van der Waals surface area contributed by atoms with Crippen molar-refractivity contribution >= 4 is 17.7 Å². The van der Waals surface area contributed by atoms with Crippen LogP contribution in [0.1, 0.15) is 18.4 Å². The fourth-order valence-electron chi connectivity index (χ4n) is 2.05. The van der Waals surface area contributed by atoms with Crippen LogP contribution in [0.5, 0.6) is 0 Å². The zero-order valence-corrected chi connectivity index (χ0v) is 15.0. The van der Waals surface area contributed by atoms with Crippen LogP contribution in [0.2, 0.25) is 0 Å². The van der Waals surface area contributed by atoms with Gasteiger partial charge in [0.1, 0.15) is 12.7 Å². The molecule has 1 aromatic rings. The molecular weight excluding hydrogens is 340 g/mol. The number of allylic oxidation sites excluding steroid dienone is 1. The lowest BCUT2D eigenvalue weighted by atomic mass is 10.00. The zero-order valence-electron chi connectivity index (χ0n) is 15.0. The number of carbonyl (C=O) groups is 3. The second-order valence-electron chi connectivity index (χ2n) is 5.29. The van der Waals surface area contributed by atoms with Crippen molar-refractivity contribution in [1.29, 1.82) is 0 Å². The highest BCUT2D eigenvalue weighted by atomic mass is 16.7. The molecule has 0 saturated heterocycles. The highest BCUT2D eigenvalue weighted by Crippen LogP contribution is 2.10. The van der Waals surface area contributed by atoms with Crippen LogP contribution in [-0.4, -0.2) is 45.3 Å². The molecule has 0 amide bonds. The van der Waals surface area contributed by atoms with Gasteiger partial charge >= 0.3 is 11.9 Å². The Kier molecular flexibility index (Phi) is 10.6. The number of hydrogen-bond donors (Lipinski definition) is 0. The normalized spacial score (nSPS) is 11.9. The summed E-state index contributed by atoms with van der Waals surface area (Å²) in [5.41, 5.74) is 1.07. The number of Topliss-reactive ketones (excluding diaryl/α,β-unsaturated/α-hetero) is 1. The van der Waals surface area contributed by atoms with E-state index >= 15 is 0 Å². The summed E-state index contributed by atoms with van der Waals surface area (Å²) in [7, 11) is 2.24. The van der Waals surface area contributed by atoms with Crippen molar-refractivity contribution in [3.05, 3.63) is 48.0 Å². The first-order valence-electron chi connectivity index (χ1n) is 8.14. The van der Waals surface area contributed by atoms with Gasteiger partial charge in [0.05, 0.1) is 27.4 Å². The molecule has 0 aliphatic heterocycles. The molecule has 0 spiro atoms. The molecule has 142 valence electrons. The summed E-state index contributed by atoms with van der Waals surface area (Å²) in [6.45, 7) is 1.08. The van der Waals surface area contributed by atoms with Crippen molar-refractivity contribution in [1.82, 2.24) is 0 Å². The van der Waals surface area contributed by atoms with E-state index in [2.05, 4.69) is 9.47 Å². The third-order valence-electron chi connectivity index (χ3n) is 3.43. The number of ketones is 1. The van der Waals surface area contributed by atoms with Gasteiger partial charge in [-0.05, 0) is 18.4 Å². The Morgan fingerprint density at radius 3 is 2.38 bits per heavy atom. The number of carbonyl (C=O) groups excluding carboxylic acids is 3. The van der Waals surface area contributed by atoms with Gasteiger partial charge < -0.3 is 18.9 Å². The Morgan fingerprint density at radius 1 is 1.00 bits per heavy atom. The van der Waals surface area contributed by atoms with Crippen molar-refractivity contribution in [3.63, 3.8) is 0 Å². The molecule has 0 aromatic heterocycles. The summed E-state index contributed by atoms with van der Waals surface area (Å²) >= 11 is 0. The highest BCUT2D eigenvalue weighted by Gasteiger charge is 2.32. The van der Waals surface area contributed by atoms with Crippen molar-refractivity contribution < 1.29 is 33.3 Å². The SMILES string of the molecule is COC(=O)C(=O)[C@@H](CC=CCCOCOCc1ccccc1)C(=O)OC. The Labute approximate surface area is 152 Å². The number of esters is 2. The maximum atomic E-state index is 11.8. The topological polar surface area (TPSA) is 88.1 Å². The zero-order chi connectivity index (χ0) is 19.2. The van der Waals surface area contributed by atoms with E-state index in [1.165, 1.54) is 0 Å². The van der Waals surface area contributed by atoms with E-state index in [-0.39, 0.29) is 13.2 Å². The predicted molar refractivity (Wildman–Crippen MR) is 93.0 cm³/mol. The van der Waals surface area contributed by atoms with E-state index < -0.39 is 23.6 Å².